The van der Waals surface area contributed by atoms with Crippen molar-refractivity contribution >= 4 is 17.9 Å². The fourth-order valence-corrected chi connectivity index (χ4v) is 3.39. The van der Waals surface area contributed by atoms with Crippen molar-refractivity contribution in [1.29, 1.82) is 0 Å². The van der Waals surface area contributed by atoms with Crippen molar-refractivity contribution in [2.45, 2.75) is 77.5 Å². The molecular formula is C23H35N3O5. The first-order valence-corrected chi connectivity index (χ1v) is 11.0. The molecule has 0 aliphatic heterocycles. The summed E-state index contributed by atoms with van der Waals surface area (Å²) in [6.45, 7) is 7.50. The summed E-state index contributed by atoms with van der Waals surface area (Å²) in [5.41, 5.74) is -0.143. The maximum absolute atomic E-state index is 13.2. The molecule has 0 spiro atoms. The number of amides is 3. The number of phenols is 1. The molecule has 1 aliphatic rings. The lowest BCUT2D eigenvalue weighted by molar-refractivity contribution is -0.145. The van der Waals surface area contributed by atoms with Gasteiger partial charge in [-0.1, -0.05) is 25.5 Å². The van der Waals surface area contributed by atoms with E-state index in [9.17, 15) is 19.5 Å². The molecule has 8 nitrogen and oxygen atoms in total. The summed E-state index contributed by atoms with van der Waals surface area (Å²) >= 11 is 0. The zero-order valence-corrected chi connectivity index (χ0v) is 18.9. The summed E-state index contributed by atoms with van der Waals surface area (Å²) in [7, 11) is 0. The monoisotopic (exact) mass is 433 g/mol. The molecule has 1 aliphatic carbocycles. The second-order valence-electron chi connectivity index (χ2n) is 8.88. The molecule has 172 valence electrons. The van der Waals surface area contributed by atoms with E-state index in [-0.39, 0.29) is 30.2 Å². The molecule has 3 N–H and O–H groups in total. The van der Waals surface area contributed by atoms with E-state index in [1.807, 2.05) is 6.92 Å². The van der Waals surface area contributed by atoms with Crippen LogP contribution in [0.1, 0.15) is 71.4 Å². The first-order chi connectivity index (χ1) is 14.6. The smallest absolute Gasteiger partial charge is 0.408 e. The van der Waals surface area contributed by atoms with E-state index < -0.39 is 17.7 Å². The second-order valence-corrected chi connectivity index (χ2v) is 8.88. The largest absolute Gasteiger partial charge is 0.508 e. The van der Waals surface area contributed by atoms with Crippen LogP contribution in [0, 0.1) is 0 Å². The van der Waals surface area contributed by atoms with Crippen molar-refractivity contribution in [1.82, 2.24) is 15.5 Å². The van der Waals surface area contributed by atoms with Gasteiger partial charge in [-0.2, -0.15) is 0 Å². The zero-order valence-electron chi connectivity index (χ0n) is 18.9. The third-order valence-corrected chi connectivity index (χ3v) is 5.08. The van der Waals surface area contributed by atoms with Crippen LogP contribution in [0.15, 0.2) is 24.3 Å². The Hall–Kier alpha value is -2.77. The highest BCUT2D eigenvalue weighted by atomic mass is 16.6. The number of alkyl carbamates (subject to hydrolysis) is 1. The molecule has 1 atom stereocenters. The van der Waals surface area contributed by atoms with Crippen LogP contribution in [0.4, 0.5) is 4.79 Å². The third-order valence-electron chi connectivity index (χ3n) is 5.08. The van der Waals surface area contributed by atoms with Crippen LogP contribution in [0.2, 0.25) is 0 Å². The highest BCUT2D eigenvalue weighted by Gasteiger charge is 2.38. The molecule has 1 saturated carbocycles. The van der Waals surface area contributed by atoms with Crippen LogP contribution in [-0.4, -0.2) is 52.6 Å². The molecular weight excluding hydrogens is 398 g/mol. The van der Waals surface area contributed by atoms with Gasteiger partial charge < -0.3 is 25.4 Å². The van der Waals surface area contributed by atoms with Gasteiger partial charge in [0.2, 0.25) is 11.8 Å². The number of unbranched alkanes of at least 4 members (excludes halogenated alkanes) is 1. The zero-order chi connectivity index (χ0) is 23.0. The van der Waals surface area contributed by atoms with E-state index >= 15 is 0 Å². The van der Waals surface area contributed by atoms with E-state index in [1.54, 1.807) is 37.8 Å². The number of carbonyl (C=O) groups is 3. The van der Waals surface area contributed by atoms with Gasteiger partial charge in [0.15, 0.2) is 0 Å². The van der Waals surface area contributed by atoms with Crippen molar-refractivity contribution in [3.8, 4) is 5.75 Å². The van der Waals surface area contributed by atoms with Crippen LogP contribution in [0.5, 0.6) is 5.75 Å². The molecule has 0 aromatic heterocycles. The Balaban J connectivity index is 2.25. The summed E-state index contributed by atoms with van der Waals surface area (Å²) in [5, 5.41) is 15.4. The SMILES string of the molecule is CCCCNC(=O)C(c1cccc(O)c1)N(C(=O)CNC(=O)OC(C)(C)C)C1CCC1. The number of aromatic hydroxyl groups is 1. The highest BCUT2D eigenvalue weighted by molar-refractivity contribution is 5.90. The molecule has 0 radical (unpaired) electrons. The van der Waals surface area contributed by atoms with Crippen molar-refractivity contribution in [2.24, 2.45) is 0 Å². The Bertz CT molecular complexity index is 771. The van der Waals surface area contributed by atoms with Crippen LogP contribution in [0.3, 0.4) is 0 Å². The molecule has 0 bridgehead atoms. The van der Waals surface area contributed by atoms with Crippen LogP contribution < -0.4 is 10.6 Å². The fourth-order valence-electron chi connectivity index (χ4n) is 3.39. The predicted molar refractivity (Wildman–Crippen MR) is 117 cm³/mol. The van der Waals surface area contributed by atoms with Gasteiger partial charge in [-0.3, -0.25) is 9.59 Å². The van der Waals surface area contributed by atoms with Gasteiger partial charge in [0.1, 0.15) is 23.9 Å². The summed E-state index contributed by atoms with van der Waals surface area (Å²) in [6, 6.07) is 5.42. The Labute approximate surface area is 184 Å². The third kappa shape index (κ3) is 7.45. The number of hydrogen-bond donors (Lipinski definition) is 3. The summed E-state index contributed by atoms with van der Waals surface area (Å²) < 4.78 is 5.21. The molecule has 2 rings (SSSR count). The number of nitrogens with zero attached hydrogens (tertiary/aromatic N) is 1. The predicted octanol–water partition coefficient (Wildman–Crippen LogP) is 3.26. The van der Waals surface area contributed by atoms with Crippen LogP contribution in [-0.2, 0) is 14.3 Å². The van der Waals surface area contributed by atoms with Crippen molar-refractivity contribution in [3.63, 3.8) is 0 Å². The maximum atomic E-state index is 13.2. The van der Waals surface area contributed by atoms with E-state index in [4.69, 9.17) is 4.74 Å². The molecule has 1 aromatic carbocycles. The van der Waals surface area contributed by atoms with E-state index in [0.717, 1.165) is 32.1 Å². The number of benzene rings is 1. The standard InChI is InChI=1S/C23H35N3O5/c1-5-6-13-24-21(29)20(16-9-7-12-18(27)14-16)26(17-10-8-11-17)19(28)15-25-22(30)31-23(2,3)4/h7,9,12,14,17,20,27H,5-6,8,10-11,13,15H2,1-4H3,(H,24,29)(H,25,30). The number of phenolic OH excluding ortho intramolecular Hbond substituents is 1. The number of ether oxygens (including phenoxy) is 1. The second kappa shape index (κ2) is 11.0. The quantitative estimate of drug-likeness (QED) is 0.518. The normalized spacial score (nSPS) is 14.8. The average molecular weight is 434 g/mol. The first kappa shape index (κ1) is 24.5. The van der Waals surface area contributed by atoms with E-state index in [2.05, 4.69) is 10.6 Å². The van der Waals surface area contributed by atoms with Gasteiger partial charge in [0.25, 0.3) is 0 Å². The minimum Gasteiger partial charge on any atom is -0.508 e. The molecule has 1 unspecified atom stereocenters. The van der Waals surface area contributed by atoms with Crippen molar-refractivity contribution in [2.75, 3.05) is 13.1 Å². The molecule has 0 saturated heterocycles. The van der Waals surface area contributed by atoms with Gasteiger partial charge in [0.05, 0.1) is 0 Å². The fraction of sp³-hybridized carbons (Fsp3) is 0.609. The minimum absolute atomic E-state index is 0.0248. The molecule has 8 heteroatoms. The number of rotatable bonds is 9. The van der Waals surface area contributed by atoms with Gasteiger partial charge in [0, 0.05) is 12.6 Å². The lowest BCUT2D eigenvalue weighted by Crippen LogP contribution is -2.53. The Morgan fingerprint density at radius 1 is 1.23 bits per heavy atom. The highest BCUT2D eigenvalue weighted by Crippen LogP contribution is 2.33. The van der Waals surface area contributed by atoms with Gasteiger partial charge in [-0.15, -0.1) is 0 Å². The van der Waals surface area contributed by atoms with Crippen molar-refractivity contribution < 1.29 is 24.2 Å². The van der Waals surface area contributed by atoms with Gasteiger partial charge in [-0.05, 0) is 64.2 Å². The Morgan fingerprint density at radius 3 is 2.48 bits per heavy atom. The van der Waals surface area contributed by atoms with Gasteiger partial charge in [-0.25, -0.2) is 4.79 Å². The van der Waals surface area contributed by atoms with E-state index in [1.165, 1.54) is 12.1 Å². The lowest BCUT2D eigenvalue weighted by Gasteiger charge is -2.42. The number of carbonyl (C=O) groups excluding carboxylic acids is 3. The first-order valence-electron chi connectivity index (χ1n) is 11.0. The molecule has 1 fully saturated rings. The van der Waals surface area contributed by atoms with Gasteiger partial charge >= 0.3 is 6.09 Å². The van der Waals surface area contributed by atoms with E-state index in [0.29, 0.717) is 12.1 Å². The average Bonchev–Trinajstić information content (AvgIpc) is 2.63. The maximum Gasteiger partial charge on any atom is 0.408 e. The summed E-state index contributed by atoms with van der Waals surface area (Å²) in [5.74, 6) is -0.636. The van der Waals surface area contributed by atoms with Crippen LogP contribution in [0.25, 0.3) is 0 Å². The topological polar surface area (TPSA) is 108 Å². The summed E-state index contributed by atoms with van der Waals surface area (Å²) in [6.07, 6.45) is 3.62. The van der Waals surface area contributed by atoms with Crippen LogP contribution >= 0.6 is 0 Å². The molecule has 31 heavy (non-hydrogen) atoms. The number of nitrogens with one attached hydrogen (secondary N) is 2. The Kier molecular flexibility index (Phi) is 8.71. The van der Waals surface area contributed by atoms with Crippen molar-refractivity contribution in [3.05, 3.63) is 29.8 Å². The molecule has 3 amide bonds. The minimum atomic E-state index is -0.887. The molecule has 0 heterocycles. The molecule has 1 aromatic rings. The Morgan fingerprint density at radius 2 is 1.94 bits per heavy atom. The number of hydrogen-bond acceptors (Lipinski definition) is 5. The lowest BCUT2D eigenvalue weighted by atomic mass is 9.88. The summed E-state index contributed by atoms with van der Waals surface area (Å²) in [4.78, 5) is 39.9.